The summed E-state index contributed by atoms with van der Waals surface area (Å²) in [5.41, 5.74) is 0.935. The summed E-state index contributed by atoms with van der Waals surface area (Å²) in [4.78, 5) is 23.0. The maximum Gasteiger partial charge on any atom is 0.244 e. The van der Waals surface area contributed by atoms with E-state index in [9.17, 15) is 4.79 Å². The Morgan fingerprint density at radius 2 is 2.16 bits per heavy atom. The quantitative estimate of drug-likeness (QED) is 0.593. The van der Waals surface area contributed by atoms with E-state index in [2.05, 4.69) is 25.5 Å². The Morgan fingerprint density at radius 1 is 1.32 bits per heavy atom. The fraction of sp³-hybridized carbons (Fsp3) is 0.389. The van der Waals surface area contributed by atoms with Gasteiger partial charge in [-0.2, -0.15) is 4.98 Å². The van der Waals surface area contributed by atoms with Gasteiger partial charge in [0, 0.05) is 44.0 Å². The predicted octanol–water partition coefficient (Wildman–Crippen LogP) is 2.22. The average Bonchev–Trinajstić information content (AvgIpc) is 3.30. The molecule has 3 heterocycles. The van der Waals surface area contributed by atoms with Crippen LogP contribution in [0.2, 0.25) is 0 Å². The molecule has 7 heteroatoms. The Bertz CT molecular complexity index is 721. The third kappa shape index (κ3) is 5.07. The molecule has 7 nitrogen and oxygen atoms in total. The van der Waals surface area contributed by atoms with E-state index in [1.165, 1.54) is 18.9 Å². The summed E-state index contributed by atoms with van der Waals surface area (Å²) in [5.74, 6) is 2.05. The molecule has 0 bridgehead atoms. The van der Waals surface area contributed by atoms with Crippen molar-refractivity contribution in [3.05, 3.63) is 42.0 Å². The second-order valence-corrected chi connectivity index (χ2v) is 5.95. The molecule has 0 spiro atoms. The number of carbonyl (C=O) groups is 1. The molecule has 0 aliphatic carbocycles. The number of hydrogen-bond donors (Lipinski definition) is 2. The van der Waals surface area contributed by atoms with Gasteiger partial charge in [-0.3, -0.25) is 4.79 Å². The van der Waals surface area contributed by atoms with Crippen LogP contribution in [-0.2, 0) is 4.79 Å². The number of aryl methyl sites for hydroxylation is 1. The minimum absolute atomic E-state index is 0.166. The van der Waals surface area contributed by atoms with Crippen LogP contribution >= 0.6 is 0 Å². The van der Waals surface area contributed by atoms with E-state index in [0.717, 1.165) is 24.6 Å². The summed E-state index contributed by atoms with van der Waals surface area (Å²) in [6.45, 7) is 5.11. The summed E-state index contributed by atoms with van der Waals surface area (Å²) in [5, 5.41) is 5.97. The Hall–Kier alpha value is -2.83. The summed E-state index contributed by atoms with van der Waals surface area (Å²) >= 11 is 0. The smallest absolute Gasteiger partial charge is 0.244 e. The molecule has 2 N–H and O–H groups in total. The Kier molecular flexibility index (Phi) is 5.66. The molecule has 132 valence electrons. The fourth-order valence-corrected chi connectivity index (χ4v) is 2.70. The Balaban J connectivity index is 1.44. The second kappa shape index (κ2) is 8.32. The van der Waals surface area contributed by atoms with Gasteiger partial charge in [0.1, 0.15) is 11.6 Å². The Morgan fingerprint density at radius 3 is 2.92 bits per heavy atom. The summed E-state index contributed by atoms with van der Waals surface area (Å²) in [6, 6.07) is 5.58. The SMILES string of the molecule is Cc1cc(N2CCCC2)nc(NCCNC(=O)/C=C/c2ccco2)n1. The van der Waals surface area contributed by atoms with Crippen molar-refractivity contribution in [3.8, 4) is 0 Å². The monoisotopic (exact) mass is 341 g/mol. The molecule has 1 aliphatic rings. The number of hydrogen-bond acceptors (Lipinski definition) is 6. The first-order valence-electron chi connectivity index (χ1n) is 8.54. The van der Waals surface area contributed by atoms with Crippen LogP contribution in [-0.4, -0.2) is 42.1 Å². The second-order valence-electron chi connectivity index (χ2n) is 5.95. The van der Waals surface area contributed by atoms with Crippen molar-refractivity contribution in [1.29, 1.82) is 0 Å². The van der Waals surface area contributed by atoms with Crippen molar-refractivity contribution in [2.75, 3.05) is 36.4 Å². The third-order valence-electron chi connectivity index (χ3n) is 3.92. The van der Waals surface area contributed by atoms with Crippen LogP contribution < -0.4 is 15.5 Å². The van der Waals surface area contributed by atoms with Gasteiger partial charge in [-0.05, 0) is 38.0 Å². The lowest BCUT2D eigenvalue weighted by molar-refractivity contribution is -0.116. The third-order valence-corrected chi connectivity index (χ3v) is 3.92. The van der Waals surface area contributed by atoms with E-state index in [0.29, 0.717) is 24.8 Å². The molecule has 0 atom stereocenters. The number of nitrogens with zero attached hydrogens (tertiary/aromatic N) is 3. The molecule has 3 rings (SSSR count). The number of aromatic nitrogens is 2. The largest absolute Gasteiger partial charge is 0.465 e. The van der Waals surface area contributed by atoms with Crippen LogP contribution in [0.4, 0.5) is 11.8 Å². The molecule has 25 heavy (non-hydrogen) atoms. The lowest BCUT2D eigenvalue weighted by atomic mass is 10.4. The first kappa shape index (κ1) is 17.0. The normalized spacial score (nSPS) is 14.2. The van der Waals surface area contributed by atoms with E-state index in [-0.39, 0.29) is 5.91 Å². The van der Waals surface area contributed by atoms with Crippen molar-refractivity contribution in [3.63, 3.8) is 0 Å². The van der Waals surface area contributed by atoms with Gasteiger partial charge < -0.3 is 20.0 Å². The van der Waals surface area contributed by atoms with Crippen LogP contribution in [0.15, 0.2) is 35.0 Å². The number of rotatable bonds is 7. The number of nitrogens with one attached hydrogen (secondary N) is 2. The summed E-state index contributed by atoms with van der Waals surface area (Å²) < 4.78 is 5.13. The zero-order valence-electron chi connectivity index (χ0n) is 14.4. The zero-order valence-corrected chi connectivity index (χ0v) is 14.4. The zero-order chi connectivity index (χ0) is 17.5. The van der Waals surface area contributed by atoms with Gasteiger partial charge in [0.15, 0.2) is 0 Å². The van der Waals surface area contributed by atoms with Gasteiger partial charge >= 0.3 is 0 Å². The lowest BCUT2D eigenvalue weighted by Gasteiger charge is -2.17. The fourth-order valence-electron chi connectivity index (χ4n) is 2.70. The number of carbonyl (C=O) groups excluding carboxylic acids is 1. The Labute approximate surface area is 147 Å². The van der Waals surface area contributed by atoms with Gasteiger partial charge in [-0.25, -0.2) is 4.98 Å². The highest BCUT2D eigenvalue weighted by Crippen LogP contribution is 2.19. The molecule has 0 unspecified atom stereocenters. The molecule has 1 aliphatic heterocycles. The molecule has 0 radical (unpaired) electrons. The van der Waals surface area contributed by atoms with Crippen LogP contribution in [0, 0.1) is 6.92 Å². The van der Waals surface area contributed by atoms with E-state index in [1.54, 1.807) is 24.5 Å². The molecular formula is C18H23N5O2. The molecule has 0 aromatic carbocycles. The van der Waals surface area contributed by atoms with Gasteiger partial charge in [0.05, 0.1) is 6.26 Å². The number of furan rings is 1. The molecule has 0 saturated carbocycles. The average molecular weight is 341 g/mol. The molecule has 2 aromatic heterocycles. The first-order chi connectivity index (χ1) is 12.2. The maximum atomic E-state index is 11.7. The van der Waals surface area contributed by atoms with Gasteiger partial charge in [0.2, 0.25) is 11.9 Å². The van der Waals surface area contributed by atoms with E-state index < -0.39 is 0 Å². The van der Waals surface area contributed by atoms with Crippen molar-refractivity contribution >= 4 is 23.7 Å². The minimum atomic E-state index is -0.166. The van der Waals surface area contributed by atoms with Crippen molar-refractivity contribution in [2.24, 2.45) is 0 Å². The van der Waals surface area contributed by atoms with E-state index >= 15 is 0 Å². The highest BCUT2D eigenvalue weighted by molar-refractivity contribution is 5.91. The molecule has 1 amide bonds. The van der Waals surface area contributed by atoms with Crippen LogP contribution in [0.1, 0.15) is 24.3 Å². The number of amides is 1. The molecular weight excluding hydrogens is 318 g/mol. The van der Waals surface area contributed by atoms with E-state index in [1.807, 2.05) is 13.0 Å². The lowest BCUT2D eigenvalue weighted by Crippen LogP contribution is -2.27. The standard InChI is InChI=1S/C18H23N5O2/c1-14-13-16(23-10-2-3-11-23)22-18(21-14)20-9-8-19-17(24)7-6-15-5-4-12-25-15/h4-7,12-13H,2-3,8-11H2,1H3,(H,19,24)(H,20,21,22)/b7-6+. The van der Waals surface area contributed by atoms with Crippen molar-refractivity contribution in [2.45, 2.75) is 19.8 Å². The van der Waals surface area contributed by atoms with Crippen molar-refractivity contribution < 1.29 is 9.21 Å². The van der Waals surface area contributed by atoms with Gasteiger partial charge in [-0.15, -0.1) is 0 Å². The maximum absolute atomic E-state index is 11.7. The van der Waals surface area contributed by atoms with Gasteiger partial charge in [-0.1, -0.05) is 0 Å². The van der Waals surface area contributed by atoms with E-state index in [4.69, 9.17) is 4.42 Å². The summed E-state index contributed by atoms with van der Waals surface area (Å²) in [6.07, 6.45) is 7.08. The molecule has 2 aromatic rings. The van der Waals surface area contributed by atoms with Crippen LogP contribution in [0.25, 0.3) is 6.08 Å². The predicted molar refractivity (Wildman–Crippen MR) is 97.5 cm³/mol. The topological polar surface area (TPSA) is 83.3 Å². The molecule has 1 saturated heterocycles. The highest BCUT2D eigenvalue weighted by atomic mass is 16.3. The van der Waals surface area contributed by atoms with Crippen LogP contribution in [0.5, 0.6) is 0 Å². The highest BCUT2D eigenvalue weighted by Gasteiger charge is 2.14. The van der Waals surface area contributed by atoms with Gasteiger partial charge in [0.25, 0.3) is 0 Å². The van der Waals surface area contributed by atoms with Crippen LogP contribution in [0.3, 0.4) is 0 Å². The number of anilines is 2. The summed E-state index contributed by atoms with van der Waals surface area (Å²) in [7, 11) is 0. The minimum Gasteiger partial charge on any atom is -0.465 e. The van der Waals surface area contributed by atoms with Crippen molar-refractivity contribution in [1.82, 2.24) is 15.3 Å². The first-order valence-corrected chi connectivity index (χ1v) is 8.54. The molecule has 1 fully saturated rings.